The molecule has 0 spiro atoms. The average molecular weight is 378 g/mol. The molecule has 0 bridgehead atoms. The smallest absolute Gasteiger partial charge is 0.400 e. The molecular weight excluding hydrogens is 347 g/mol. The van der Waals surface area contributed by atoms with Gasteiger partial charge < -0.3 is 9.31 Å². The van der Waals surface area contributed by atoms with Crippen molar-refractivity contribution in [2.45, 2.75) is 58.9 Å². The SMILES string of the molecule is Cc1ccc(/C(=C/B2OC(C)(C)C(C)(C)O2)[Si](C)(C)c2ccccc2)cc1. The average Bonchev–Trinajstić information content (AvgIpc) is 2.81. The van der Waals surface area contributed by atoms with Crippen LogP contribution < -0.4 is 5.19 Å². The van der Waals surface area contributed by atoms with E-state index in [9.17, 15) is 0 Å². The Hall–Kier alpha value is -1.62. The van der Waals surface area contributed by atoms with Crippen LogP contribution >= 0.6 is 0 Å². The summed E-state index contributed by atoms with van der Waals surface area (Å²) in [6.07, 6.45) is 0. The third-order valence-corrected chi connectivity index (χ3v) is 9.68. The molecule has 0 aromatic heterocycles. The monoisotopic (exact) mass is 378 g/mol. The molecule has 0 unspecified atom stereocenters. The molecule has 0 amide bonds. The number of hydrogen-bond acceptors (Lipinski definition) is 2. The molecule has 1 aliphatic rings. The van der Waals surface area contributed by atoms with Crippen LogP contribution in [-0.4, -0.2) is 26.4 Å². The Bertz CT molecular complexity index is 807. The highest BCUT2D eigenvalue weighted by atomic mass is 28.3. The number of aryl methyl sites for hydroxylation is 1. The fourth-order valence-electron chi connectivity index (χ4n) is 3.50. The Morgan fingerprint density at radius 1 is 0.852 bits per heavy atom. The second kappa shape index (κ2) is 7.08. The first-order valence-corrected chi connectivity index (χ1v) is 12.7. The van der Waals surface area contributed by atoms with Crippen LogP contribution in [0.3, 0.4) is 0 Å². The Morgan fingerprint density at radius 3 is 1.89 bits per heavy atom. The molecule has 1 aliphatic heterocycles. The molecule has 1 fully saturated rings. The fourth-order valence-corrected chi connectivity index (χ4v) is 6.28. The standard InChI is InChI=1S/C23H31BO2Si/c1-18-13-15-19(16-14-18)21(27(6,7)20-11-9-8-10-12-20)17-24-25-22(2,3)23(4,5)26-24/h8-17H,1-7H3/b21-17-. The Kier molecular flexibility index (Phi) is 5.28. The lowest BCUT2D eigenvalue weighted by Crippen LogP contribution is -2.43. The number of benzene rings is 2. The topological polar surface area (TPSA) is 18.5 Å². The highest BCUT2D eigenvalue weighted by Gasteiger charge is 2.50. The molecule has 1 heterocycles. The summed E-state index contributed by atoms with van der Waals surface area (Å²) >= 11 is 0. The van der Waals surface area contributed by atoms with Crippen molar-refractivity contribution in [3.8, 4) is 0 Å². The van der Waals surface area contributed by atoms with Crippen LogP contribution in [0.2, 0.25) is 13.1 Å². The van der Waals surface area contributed by atoms with Crippen molar-refractivity contribution in [3.63, 3.8) is 0 Å². The first-order valence-electron chi connectivity index (χ1n) is 9.73. The number of hydrogen-bond donors (Lipinski definition) is 0. The summed E-state index contributed by atoms with van der Waals surface area (Å²) in [5, 5.41) is 2.76. The highest BCUT2D eigenvalue weighted by Crippen LogP contribution is 2.38. The largest absolute Gasteiger partial charge is 0.487 e. The van der Waals surface area contributed by atoms with E-state index in [2.05, 4.69) is 108 Å². The second-order valence-electron chi connectivity index (χ2n) is 9.06. The van der Waals surface area contributed by atoms with Gasteiger partial charge in [0.1, 0.15) is 8.07 Å². The van der Waals surface area contributed by atoms with Crippen molar-refractivity contribution >= 4 is 25.6 Å². The molecular formula is C23H31BO2Si. The van der Waals surface area contributed by atoms with E-state index >= 15 is 0 Å². The van der Waals surface area contributed by atoms with Gasteiger partial charge in [-0.05, 0) is 40.2 Å². The minimum atomic E-state index is -1.93. The third kappa shape index (κ3) is 3.98. The molecule has 0 radical (unpaired) electrons. The molecule has 142 valence electrons. The molecule has 27 heavy (non-hydrogen) atoms. The third-order valence-electron chi connectivity index (χ3n) is 6.11. The first-order chi connectivity index (χ1) is 12.5. The van der Waals surface area contributed by atoms with Crippen molar-refractivity contribution in [3.05, 3.63) is 71.7 Å². The van der Waals surface area contributed by atoms with Crippen LogP contribution in [0.15, 0.2) is 60.6 Å². The molecule has 0 saturated carbocycles. The van der Waals surface area contributed by atoms with Crippen molar-refractivity contribution in [1.82, 2.24) is 0 Å². The van der Waals surface area contributed by atoms with E-state index < -0.39 is 8.07 Å². The lowest BCUT2D eigenvalue weighted by atomic mass is 9.89. The van der Waals surface area contributed by atoms with E-state index in [1.165, 1.54) is 21.5 Å². The summed E-state index contributed by atoms with van der Waals surface area (Å²) in [4.78, 5) is 0. The molecule has 0 atom stereocenters. The predicted octanol–water partition coefficient (Wildman–Crippen LogP) is 5.16. The predicted molar refractivity (Wildman–Crippen MR) is 119 cm³/mol. The van der Waals surface area contributed by atoms with Gasteiger partial charge in [-0.15, -0.1) is 0 Å². The van der Waals surface area contributed by atoms with Gasteiger partial charge in [0.25, 0.3) is 0 Å². The van der Waals surface area contributed by atoms with Gasteiger partial charge >= 0.3 is 7.12 Å². The number of rotatable bonds is 4. The molecule has 2 nitrogen and oxygen atoms in total. The van der Waals surface area contributed by atoms with Crippen LogP contribution in [0, 0.1) is 6.92 Å². The van der Waals surface area contributed by atoms with Crippen LogP contribution in [0.25, 0.3) is 5.20 Å². The van der Waals surface area contributed by atoms with E-state index in [1.54, 1.807) is 0 Å². The fraction of sp³-hybridized carbons (Fsp3) is 0.391. The quantitative estimate of drug-likeness (QED) is 0.684. The van der Waals surface area contributed by atoms with Gasteiger partial charge in [-0.1, -0.05) is 89.6 Å². The van der Waals surface area contributed by atoms with E-state index in [4.69, 9.17) is 9.31 Å². The van der Waals surface area contributed by atoms with Gasteiger partial charge in [0.05, 0.1) is 11.2 Å². The van der Waals surface area contributed by atoms with Gasteiger partial charge in [-0.3, -0.25) is 0 Å². The summed E-state index contributed by atoms with van der Waals surface area (Å²) in [6.45, 7) is 15.3. The molecule has 4 heteroatoms. The maximum Gasteiger partial charge on any atom is 0.487 e. The minimum absolute atomic E-state index is 0.328. The summed E-state index contributed by atoms with van der Waals surface area (Å²) in [7, 11) is -2.26. The van der Waals surface area contributed by atoms with E-state index in [1.807, 2.05) is 0 Å². The Balaban J connectivity index is 2.07. The van der Waals surface area contributed by atoms with Crippen LogP contribution in [-0.2, 0) is 9.31 Å². The second-order valence-corrected chi connectivity index (χ2v) is 13.4. The van der Waals surface area contributed by atoms with Crippen molar-refractivity contribution in [1.29, 1.82) is 0 Å². The Labute approximate surface area is 165 Å². The van der Waals surface area contributed by atoms with Crippen LogP contribution in [0.1, 0.15) is 38.8 Å². The summed E-state index contributed by atoms with van der Waals surface area (Å²) in [5.74, 6) is 2.22. The van der Waals surface area contributed by atoms with Gasteiger partial charge in [0.2, 0.25) is 0 Å². The molecule has 2 aromatic rings. The van der Waals surface area contributed by atoms with E-state index in [0.29, 0.717) is 0 Å². The molecule has 2 aromatic carbocycles. The maximum atomic E-state index is 6.29. The Morgan fingerprint density at radius 2 is 1.37 bits per heavy atom. The van der Waals surface area contributed by atoms with Gasteiger partial charge in [-0.25, -0.2) is 0 Å². The summed E-state index contributed by atoms with van der Waals surface area (Å²) in [5.41, 5.74) is 1.87. The zero-order chi connectivity index (χ0) is 19.9. The van der Waals surface area contributed by atoms with Crippen molar-refractivity contribution in [2.24, 2.45) is 0 Å². The zero-order valence-electron chi connectivity index (χ0n) is 17.7. The van der Waals surface area contributed by atoms with Gasteiger partial charge in [0, 0.05) is 0 Å². The normalized spacial score (nSPS) is 19.4. The van der Waals surface area contributed by atoms with Crippen molar-refractivity contribution in [2.75, 3.05) is 0 Å². The van der Waals surface area contributed by atoms with E-state index in [0.717, 1.165) is 0 Å². The summed E-state index contributed by atoms with van der Waals surface area (Å²) < 4.78 is 12.6. The molecule has 1 saturated heterocycles. The first kappa shape index (κ1) is 20.1. The van der Waals surface area contributed by atoms with Gasteiger partial charge in [0.15, 0.2) is 0 Å². The van der Waals surface area contributed by atoms with Gasteiger partial charge in [-0.2, -0.15) is 0 Å². The molecule has 3 rings (SSSR count). The van der Waals surface area contributed by atoms with Crippen LogP contribution in [0.5, 0.6) is 0 Å². The van der Waals surface area contributed by atoms with E-state index in [-0.39, 0.29) is 18.3 Å². The lowest BCUT2D eigenvalue weighted by Gasteiger charge is -2.32. The van der Waals surface area contributed by atoms with Crippen molar-refractivity contribution < 1.29 is 9.31 Å². The highest BCUT2D eigenvalue weighted by molar-refractivity contribution is 7.05. The molecule has 0 aliphatic carbocycles. The maximum absolute atomic E-state index is 6.29. The minimum Gasteiger partial charge on any atom is -0.400 e. The van der Waals surface area contributed by atoms with Crippen LogP contribution in [0.4, 0.5) is 0 Å². The lowest BCUT2D eigenvalue weighted by molar-refractivity contribution is 0.00578. The zero-order valence-corrected chi connectivity index (χ0v) is 18.7. The summed E-state index contributed by atoms with van der Waals surface area (Å²) in [6, 6.07) is 19.7. The molecule has 0 N–H and O–H groups in total.